The molecule has 3 N–H and O–H groups in total. The Morgan fingerprint density at radius 2 is 1.88 bits per heavy atom. The Morgan fingerprint density at radius 3 is 2.53 bits per heavy atom. The standard InChI is InChI=1S/C14H15NO2/c15-9-13(14(16)17)8-10-5-6-11-3-1-2-4-12(11)7-10/h1-7,13H,8-9,15H2,(H,16,17)/t13-/m1/s1. The highest BCUT2D eigenvalue weighted by molar-refractivity contribution is 5.83. The fraction of sp³-hybridized carbons (Fsp3) is 0.214. The molecule has 1 atom stereocenters. The highest BCUT2D eigenvalue weighted by Gasteiger charge is 2.11. The number of carbonyl (C=O) groups is 1. The predicted molar refractivity (Wildman–Crippen MR) is 63.9 cm³/mol. The fourth-order valence-corrected chi connectivity index (χ4v) is 1.95. The summed E-state index contributed by atoms with van der Waals surface area (Å²) in [6.45, 7) is 0.356. The van der Waals surface area contributed by atoms with Crippen LogP contribution in [-0.4, -0.2) is 12.5 Å². The molecule has 2 aromatic rings. The van der Waals surface area contributed by atoms with E-state index in [1.54, 1.807) is 0 Å². The molecule has 0 aromatic heterocycles. The van der Waals surface area contributed by atoms with Crippen LogP contribution in [-0.2, 0) is 11.2 Å². The van der Waals surface area contributed by atoms with Crippen molar-refractivity contribution in [2.45, 2.75) is 6.42 Å². The van der Waals surface area contributed by atoms with Gasteiger partial charge >= 0.3 is 0 Å². The third-order valence-corrected chi connectivity index (χ3v) is 2.98. The molecule has 0 saturated carbocycles. The van der Waals surface area contributed by atoms with Crippen LogP contribution in [0.2, 0.25) is 0 Å². The van der Waals surface area contributed by atoms with Crippen LogP contribution >= 0.6 is 0 Å². The number of aliphatic carboxylic acids is 1. The number of benzene rings is 2. The van der Waals surface area contributed by atoms with Crippen molar-refractivity contribution >= 4 is 16.7 Å². The van der Waals surface area contributed by atoms with Gasteiger partial charge in [-0.1, -0.05) is 42.5 Å². The Bertz CT molecular complexity index is 536. The van der Waals surface area contributed by atoms with E-state index in [0.717, 1.165) is 16.3 Å². The molecule has 0 saturated heterocycles. The van der Waals surface area contributed by atoms with Gasteiger partial charge in [-0.3, -0.25) is 0 Å². The second-order valence-corrected chi connectivity index (χ2v) is 4.19. The average molecular weight is 229 g/mol. The number of hydrogen-bond donors (Lipinski definition) is 1. The largest absolute Gasteiger partial charge is 0.550 e. The Morgan fingerprint density at radius 1 is 1.18 bits per heavy atom. The van der Waals surface area contributed by atoms with Crippen LogP contribution in [0.1, 0.15) is 5.56 Å². The van der Waals surface area contributed by atoms with Crippen LogP contribution in [0.4, 0.5) is 0 Å². The molecule has 0 radical (unpaired) electrons. The van der Waals surface area contributed by atoms with Crippen LogP contribution in [0.25, 0.3) is 10.8 Å². The van der Waals surface area contributed by atoms with Crippen molar-refractivity contribution in [1.82, 2.24) is 0 Å². The SMILES string of the molecule is [NH3+]C[C@@H](Cc1ccc2ccccc2c1)C(=O)[O-]. The summed E-state index contributed by atoms with van der Waals surface area (Å²) in [4.78, 5) is 10.8. The van der Waals surface area contributed by atoms with E-state index in [0.29, 0.717) is 13.0 Å². The van der Waals surface area contributed by atoms with Crippen LogP contribution in [0.15, 0.2) is 42.5 Å². The molecule has 0 unspecified atom stereocenters. The maximum Gasteiger partial charge on any atom is 0.0824 e. The van der Waals surface area contributed by atoms with Gasteiger partial charge in [0.2, 0.25) is 0 Å². The van der Waals surface area contributed by atoms with Gasteiger partial charge in [-0.2, -0.15) is 0 Å². The monoisotopic (exact) mass is 229 g/mol. The second-order valence-electron chi connectivity index (χ2n) is 4.19. The van der Waals surface area contributed by atoms with Crippen molar-refractivity contribution in [2.24, 2.45) is 5.92 Å². The van der Waals surface area contributed by atoms with Crippen LogP contribution in [0.3, 0.4) is 0 Å². The second kappa shape index (κ2) is 4.97. The third kappa shape index (κ3) is 2.63. The quantitative estimate of drug-likeness (QED) is 0.801. The van der Waals surface area contributed by atoms with Crippen molar-refractivity contribution in [3.8, 4) is 0 Å². The molecule has 3 heteroatoms. The summed E-state index contributed by atoms with van der Waals surface area (Å²) in [5.74, 6) is -1.52. The number of carbonyl (C=O) groups excluding carboxylic acids is 1. The zero-order valence-corrected chi connectivity index (χ0v) is 9.56. The highest BCUT2D eigenvalue weighted by atomic mass is 16.4. The lowest BCUT2D eigenvalue weighted by Crippen LogP contribution is -2.57. The zero-order valence-electron chi connectivity index (χ0n) is 9.56. The smallest absolute Gasteiger partial charge is 0.0824 e. The first kappa shape index (κ1) is 11.6. The summed E-state index contributed by atoms with van der Waals surface area (Å²) in [6, 6.07) is 14.0. The highest BCUT2D eigenvalue weighted by Crippen LogP contribution is 2.17. The van der Waals surface area contributed by atoms with Crippen molar-refractivity contribution in [3.63, 3.8) is 0 Å². The van der Waals surface area contributed by atoms with Gasteiger partial charge in [0.05, 0.1) is 18.4 Å². The lowest BCUT2D eigenvalue weighted by molar-refractivity contribution is -0.387. The average Bonchev–Trinajstić information content (AvgIpc) is 2.35. The van der Waals surface area contributed by atoms with E-state index in [1.165, 1.54) is 0 Å². The van der Waals surface area contributed by atoms with Gasteiger partial charge in [0.15, 0.2) is 0 Å². The van der Waals surface area contributed by atoms with Crippen LogP contribution < -0.4 is 10.8 Å². The first-order chi connectivity index (χ1) is 8.20. The molecule has 3 nitrogen and oxygen atoms in total. The van der Waals surface area contributed by atoms with Crippen molar-refractivity contribution < 1.29 is 15.6 Å². The number of quaternary nitrogens is 1. The van der Waals surface area contributed by atoms with Gasteiger partial charge in [-0.15, -0.1) is 0 Å². The summed E-state index contributed by atoms with van der Waals surface area (Å²) >= 11 is 0. The van der Waals surface area contributed by atoms with Gasteiger partial charge < -0.3 is 15.6 Å². The summed E-state index contributed by atoms with van der Waals surface area (Å²) in [7, 11) is 0. The fourth-order valence-electron chi connectivity index (χ4n) is 1.95. The van der Waals surface area contributed by atoms with Crippen molar-refractivity contribution in [2.75, 3.05) is 6.54 Å². The van der Waals surface area contributed by atoms with E-state index in [9.17, 15) is 9.90 Å². The van der Waals surface area contributed by atoms with E-state index in [4.69, 9.17) is 0 Å². The van der Waals surface area contributed by atoms with E-state index in [2.05, 4.69) is 5.73 Å². The molecule has 88 valence electrons. The number of hydrogen-bond acceptors (Lipinski definition) is 2. The van der Waals surface area contributed by atoms with Crippen molar-refractivity contribution in [3.05, 3.63) is 48.0 Å². The predicted octanol–water partition coefficient (Wildman–Crippen LogP) is -0.00970. The van der Waals surface area contributed by atoms with E-state index in [1.807, 2.05) is 42.5 Å². The Labute approximate surface area is 99.9 Å². The third-order valence-electron chi connectivity index (χ3n) is 2.98. The Hall–Kier alpha value is -1.87. The molecular weight excluding hydrogens is 214 g/mol. The minimum absolute atomic E-state index is 0.356. The summed E-state index contributed by atoms with van der Waals surface area (Å²) in [6.07, 6.45) is 0.483. The molecule has 0 bridgehead atoms. The summed E-state index contributed by atoms with van der Waals surface area (Å²) in [5, 5.41) is 13.1. The lowest BCUT2D eigenvalue weighted by atomic mass is 9.97. The molecular formula is C14H15NO2. The van der Waals surface area contributed by atoms with Crippen LogP contribution in [0.5, 0.6) is 0 Å². The zero-order chi connectivity index (χ0) is 12.3. The molecule has 17 heavy (non-hydrogen) atoms. The molecule has 0 aliphatic rings. The molecule has 2 aromatic carbocycles. The maximum absolute atomic E-state index is 10.8. The number of carboxylic acid groups (broad SMARTS) is 1. The molecule has 0 fully saturated rings. The molecule has 0 aliphatic heterocycles. The molecule has 2 rings (SSSR count). The Kier molecular flexibility index (Phi) is 3.40. The summed E-state index contributed by atoms with van der Waals surface area (Å²) < 4.78 is 0. The lowest BCUT2D eigenvalue weighted by Gasteiger charge is -2.14. The molecule has 0 heterocycles. The van der Waals surface area contributed by atoms with Gasteiger partial charge in [0, 0.05) is 0 Å². The molecule has 0 aliphatic carbocycles. The minimum Gasteiger partial charge on any atom is -0.550 e. The topological polar surface area (TPSA) is 67.8 Å². The Balaban J connectivity index is 2.27. The first-order valence-electron chi connectivity index (χ1n) is 5.68. The first-order valence-corrected chi connectivity index (χ1v) is 5.68. The number of fused-ring (bicyclic) bond motifs is 1. The van der Waals surface area contributed by atoms with Gasteiger partial charge in [0.25, 0.3) is 0 Å². The molecule has 0 amide bonds. The van der Waals surface area contributed by atoms with E-state index >= 15 is 0 Å². The summed E-state index contributed by atoms with van der Waals surface area (Å²) in [5.41, 5.74) is 4.66. The maximum atomic E-state index is 10.8. The normalized spacial score (nSPS) is 12.5. The number of rotatable bonds is 4. The van der Waals surface area contributed by atoms with E-state index in [-0.39, 0.29) is 0 Å². The van der Waals surface area contributed by atoms with E-state index < -0.39 is 11.9 Å². The van der Waals surface area contributed by atoms with Crippen molar-refractivity contribution in [1.29, 1.82) is 0 Å². The minimum atomic E-state index is -1.02. The van der Waals surface area contributed by atoms with Crippen LogP contribution in [0, 0.1) is 5.92 Å². The molecule has 0 spiro atoms. The van der Waals surface area contributed by atoms with Gasteiger partial charge in [-0.25, -0.2) is 0 Å². The number of carboxylic acids is 1. The van der Waals surface area contributed by atoms with Gasteiger partial charge in [-0.05, 0) is 22.8 Å². The van der Waals surface area contributed by atoms with Gasteiger partial charge in [0.1, 0.15) is 0 Å².